The number of hydrogen-bond acceptors (Lipinski definition) is 2. The van der Waals surface area contributed by atoms with Crippen LogP contribution in [0.5, 0.6) is 5.75 Å². The molecule has 1 N–H and O–H groups in total. The van der Waals surface area contributed by atoms with Gasteiger partial charge in [-0.15, -0.1) is 0 Å². The third-order valence-electron chi connectivity index (χ3n) is 2.89. The highest BCUT2D eigenvalue weighted by Gasteiger charge is 2.04. The van der Waals surface area contributed by atoms with Crippen LogP contribution in [0.3, 0.4) is 0 Å². The van der Waals surface area contributed by atoms with Gasteiger partial charge < -0.3 is 10.1 Å². The summed E-state index contributed by atoms with van der Waals surface area (Å²) in [6.07, 6.45) is 0. The average molecular weight is 263 g/mol. The molecule has 2 nitrogen and oxygen atoms in total. The molecule has 2 aromatic carbocycles. The topological polar surface area (TPSA) is 21.3 Å². The van der Waals surface area contributed by atoms with Crippen LogP contribution in [0.15, 0.2) is 36.4 Å². The molecule has 0 aliphatic heterocycles. The van der Waals surface area contributed by atoms with Gasteiger partial charge in [0.25, 0.3) is 0 Å². The highest BCUT2D eigenvalue weighted by molar-refractivity contribution is 5.51. The van der Waals surface area contributed by atoms with E-state index >= 15 is 0 Å². The largest absolute Gasteiger partial charge is 0.496 e. The van der Waals surface area contributed by atoms with E-state index in [4.69, 9.17) is 4.74 Å². The van der Waals surface area contributed by atoms with E-state index < -0.39 is 11.6 Å². The molecule has 4 heteroatoms. The van der Waals surface area contributed by atoms with Crippen LogP contribution < -0.4 is 10.1 Å². The number of anilines is 1. The van der Waals surface area contributed by atoms with Gasteiger partial charge in [-0.3, -0.25) is 0 Å². The third-order valence-corrected chi connectivity index (χ3v) is 2.89. The Morgan fingerprint density at radius 3 is 2.53 bits per heavy atom. The molecule has 2 aromatic rings. The van der Waals surface area contributed by atoms with E-state index in [0.717, 1.165) is 23.1 Å². The summed E-state index contributed by atoms with van der Waals surface area (Å²) < 4.78 is 31.4. The molecule has 0 spiro atoms. The van der Waals surface area contributed by atoms with E-state index in [0.29, 0.717) is 12.1 Å². The predicted molar refractivity (Wildman–Crippen MR) is 71.4 cm³/mol. The molecule has 100 valence electrons. The summed E-state index contributed by atoms with van der Waals surface area (Å²) in [6, 6.07) is 9.19. The minimum atomic E-state index is -0.568. The van der Waals surface area contributed by atoms with Gasteiger partial charge in [-0.1, -0.05) is 6.07 Å². The van der Waals surface area contributed by atoms with Gasteiger partial charge in [-0.25, -0.2) is 8.78 Å². The fourth-order valence-electron chi connectivity index (χ4n) is 1.85. The summed E-state index contributed by atoms with van der Waals surface area (Å²) in [5, 5.41) is 3.10. The van der Waals surface area contributed by atoms with Crippen molar-refractivity contribution in [2.45, 2.75) is 13.5 Å². The molecule has 0 bridgehead atoms. The van der Waals surface area contributed by atoms with Crippen LogP contribution in [-0.2, 0) is 6.54 Å². The molecule has 0 aliphatic rings. The first kappa shape index (κ1) is 13.3. The van der Waals surface area contributed by atoms with Crippen LogP contribution >= 0.6 is 0 Å². The average Bonchev–Trinajstić information content (AvgIpc) is 2.38. The van der Waals surface area contributed by atoms with Gasteiger partial charge in [0.15, 0.2) is 0 Å². The summed E-state index contributed by atoms with van der Waals surface area (Å²) in [5.41, 5.74) is 2.28. The maximum Gasteiger partial charge on any atom is 0.131 e. The van der Waals surface area contributed by atoms with Gasteiger partial charge in [-0.2, -0.15) is 0 Å². The Labute approximate surface area is 111 Å². The first-order valence-corrected chi connectivity index (χ1v) is 5.92. The Hall–Kier alpha value is -2.10. The van der Waals surface area contributed by atoms with E-state index in [2.05, 4.69) is 5.32 Å². The lowest BCUT2D eigenvalue weighted by molar-refractivity contribution is 0.412. The maximum atomic E-state index is 13.5. The summed E-state index contributed by atoms with van der Waals surface area (Å²) >= 11 is 0. The second-order valence-corrected chi connectivity index (χ2v) is 4.27. The van der Waals surface area contributed by atoms with Crippen molar-refractivity contribution in [3.63, 3.8) is 0 Å². The normalized spacial score (nSPS) is 10.3. The van der Waals surface area contributed by atoms with Gasteiger partial charge in [0.1, 0.15) is 17.4 Å². The summed E-state index contributed by atoms with van der Waals surface area (Å²) in [7, 11) is 1.61. The van der Waals surface area contributed by atoms with Crippen LogP contribution in [0.2, 0.25) is 0 Å². The molecule has 0 heterocycles. The van der Waals surface area contributed by atoms with E-state index in [-0.39, 0.29) is 0 Å². The summed E-state index contributed by atoms with van der Waals surface area (Å²) in [4.78, 5) is 0. The number of nitrogens with one attached hydrogen (secondary N) is 1. The van der Waals surface area contributed by atoms with Crippen molar-refractivity contribution in [1.29, 1.82) is 0 Å². The van der Waals surface area contributed by atoms with Crippen molar-refractivity contribution >= 4 is 5.69 Å². The zero-order chi connectivity index (χ0) is 13.8. The Morgan fingerprint density at radius 2 is 1.89 bits per heavy atom. The van der Waals surface area contributed by atoms with Crippen molar-refractivity contribution in [3.05, 3.63) is 59.2 Å². The zero-order valence-corrected chi connectivity index (χ0v) is 10.8. The highest BCUT2D eigenvalue weighted by Crippen LogP contribution is 2.22. The van der Waals surface area contributed by atoms with Gasteiger partial charge in [0, 0.05) is 23.9 Å². The first-order chi connectivity index (χ1) is 9.10. The molecule has 0 saturated heterocycles. The van der Waals surface area contributed by atoms with E-state index in [1.165, 1.54) is 12.1 Å². The second kappa shape index (κ2) is 5.69. The van der Waals surface area contributed by atoms with Crippen molar-refractivity contribution in [3.8, 4) is 5.75 Å². The Bertz CT molecular complexity index is 584. The maximum absolute atomic E-state index is 13.5. The molecule has 0 atom stereocenters. The van der Waals surface area contributed by atoms with Gasteiger partial charge in [-0.05, 0) is 36.8 Å². The van der Waals surface area contributed by atoms with Crippen LogP contribution in [0.1, 0.15) is 11.1 Å². The number of aryl methyl sites for hydroxylation is 1. The van der Waals surface area contributed by atoms with Crippen LogP contribution in [0.4, 0.5) is 14.5 Å². The lowest BCUT2D eigenvalue weighted by Crippen LogP contribution is -2.02. The van der Waals surface area contributed by atoms with E-state index in [9.17, 15) is 8.78 Å². The molecule has 0 radical (unpaired) electrons. The molecule has 19 heavy (non-hydrogen) atoms. The van der Waals surface area contributed by atoms with Gasteiger partial charge in [0.05, 0.1) is 7.11 Å². The number of hydrogen-bond donors (Lipinski definition) is 1. The van der Waals surface area contributed by atoms with Crippen LogP contribution in [-0.4, -0.2) is 7.11 Å². The molecule has 0 unspecified atom stereocenters. The Balaban J connectivity index is 2.08. The summed E-state index contributed by atoms with van der Waals surface area (Å²) in [5.74, 6) is -0.308. The molecule has 0 fully saturated rings. The minimum Gasteiger partial charge on any atom is -0.496 e. The molecule has 0 aliphatic carbocycles. The molecule has 0 amide bonds. The first-order valence-electron chi connectivity index (χ1n) is 5.92. The van der Waals surface area contributed by atoms with Gasteiger partial charge in [0.2, 0.25) is 0 Å². The number of methoxy groups -OCH3 is 1. The van der Waals surface area contributed by atoms with E-state index in [1.807, 2.05) is 25.1 Å². The van der Waals surface area contributed by atoms with Gasteiger partial charge >= 0.3 is 0 Å². The van der Waals surface area contributed by atoms with Crippen molar-refractivity contribution in [2.24, 2.45) is 0 Å². The van der Waals surface area contributed by atoms with Crippen LogP contribution in [0.25, 0.3) is 0 Å². The molecule has 2 rings (SSSR count). The fourth-order valence-corrected chi connectivity index (χ4v) is 1.85. The number of rotatable bonds is 4. The quantitative estimate of drug-likeness (QED) is 0.903. The monoisotopic (exact) mass is 263 g/mol. The minimum absolute atomic E-state index is 0.303. The molecular formula is C15H15F2NO. The number of ether oxygens (including phenoxy) is 1. The standard InChI is InChI=1S/C15H15F2NO/c1-10-7-13(5-6-15(10)19-2)18-9-11-3-4-12(16)8-14(11)17/h3-8,18H,9H2,1-2H3. The Morgan fingerprint density at radius 1 is 1.11 bits per heavy atom. The SMILES string of the molecule is COc1ccc(NCc2ccc(F)cc2F)cc1C. The zero-order valence-electron chi connectivity index (χ0n) is 10.8. The predicted octanol–water partition coefficient (Wildman–Crippen LogP) is 3.89. The van der Waals surface area contributed by atoms with Crippen LogP contribution in [0, 0.1) is 18.6 Å². The number of benzene rings is 2. The van der Waals surface area contributed by atoms with Crippen molar-refractivity contribution in [1.82, 2.24) is 0 Å². The molecular weight excluding hydrogens is 248 g/mol. The van der Waals surface area contributed by atoms with E-state index in [1.54, 1.807) is 7.11 Å². The fraction of sp³-hybridized carbons (Fsp3) is 0.200. The lowest BCUT2D eigenvalue weighted by atomic mass is 10.1. The number of halogens is 2. The van der Waals surface area contributed by atoms with Crippen molar-refractivity contribution in [2.75, 3.05) is 12.4 Å². The molecule has 0 saturated carbocycles. The van der Waals surface area contributed by atoms with Crippen molar-refractivity contribution < 1.29 is 13.5 Å². The molecule has 0 aromatic heterocycles. The summed E-state index contributed by atoms with van der Waals surface area (Å²) in [6.45, 7) is 2.24. The second-order valence-electron chi connectivity index (χ2n) is 4.27. The lowest BCUT2D eigenvalue weighted by Gasteiger charge is -2.10. The smallest absolute Gasteiger partial charge is 0.131 e. The highest BCUT2D eigenvalue weighted by atomic mass is 19.1. The third kappa shape index (κ3) is 3.22. The Kier molecular flexibility index (Phi) is 4.00.